The molecule has 0 N–H and O–H groups in total. The van der Waals surface area contributed by atoms with Crippen LogP contribution < -0.4 is 9.47 Å². The molecule has 0 spiro atoms. The number of hydrogen-bond donors (Lipinski definition) is 0. The van der Waals surface area contributed by atoms with Crippen molar-refractivity contribution < 1.29 is 19.1 Å². The maximum absolute atomic E-state index is 13.2. The molecule has 0 fully saturated rings. The minimum absolute atomic E-state index is 0.0759. The number of nitrogens with zero attached hydrogens (tertiary/aromatic N) is 2. The highest BCUT2D eigenvalue weighted by Crippen LogP contribution is 2.23. The minimum atomic E-state index is -0.0759. The van der Waals surface area contributed by atoms with Crippen molar-refractivity contribution in [3.05, 3.63) is 59.7 Å². The summed E-state index contributed by atoms with van der Waals surface area (Å²) in [7, 11) is 11.2. The monoisotopic (exact) mass is 468 g/mol. The molecular weight excluding hydrogens is 428 g/mol. The largest absolute Gasteiger partial charge is 0.497 e. The van der Waals surface area contributed by atoms with Crippen LogP contribution in [0.4, 0.5) is 0 Å². The molecular formula is C28H40N2O4. The van der Waals surface area contributed by atoms with Gasteiger partial charge in [0.2, 0.25) is 0 Å². The molecule has 186 valence electrons. The molecule has 0 heterocycles. The van der Waals surface area contributed by atoms with Gasteiger partial charge in [0.05, 0.1) is 14.2 Å². The first-order valence-electron chi connectivity index (χ1n) is 11.9. The third-order valence-electron chi connectivity index (χ3n) is 6.02. The van der Waals surface area contributed by atoms with Gasteiger partial charge in [-0.15, -0.1) is 0 Å². The Hall–Kier alpha value is -2.70. The molecule has 6 nitrogen and oxygen atoms in total. The summed E-state index contributed by atoms with van der Waals surface area (Å²) in [6.07, 6.45) is 3.41. The van der Waals surface area contributed by atoms with Crippen molar-refractivity contribution in [1.82, 2.24) is 9.80 Å². The van der Waals surface area contributed by atoms with E-state index in [-0.39, 0.29) is 23.4 Å². The van der Waals surface area contributed by atoms with E-state index in [0.29, 0.717) is 24.2 Å². The summed E-state index contributed by atoms with van der Waals surface area (Å²) >= 11 is 0. The fraction of sp³-hybridized carbons (Fsp3) is 0.500. The van der Waals surface area contributed by atoms with Crippen molar-refractivity contribution in [2.75, 3.05) is 55.5 Å². The average Bonchev–Trinajstić information content (AvgIpc) is 2.83. The summed E-state index contributed by atoms with van der Waals surface area (Å²) < 4.78 is 10.4. The maximum Gasteiger partial charge on any atom is 0.167 e. The highest BCUT2D eigenvalue weighted by atomic mass is 16.5. The number of Topliss-reactive ketones (excluding diaryl/α,β-unsaturated/α-hetero) is 2. The SMILES string of the molecule is COc1ccc(C(=O)[C@H](CCCC[C@H](CN(C)C)C(=O)c2ccc(OC)cc2)CN(C)C)cc1. The van der Waals surface area contributed by atoms with E-state index in [0.717, 1.165) is 37.2 Å². The fourth-order valence-corrected chi connectivity index (χ4v) is 4.26. The van der Waals surface area contributed by atoms with Gasteiger partial charge >= 0.3 is 0 Å². The summed E-state index contributed by atoms with van der Waals surface area (Å²) in [5.41, 5.74) is 1.43. The molecule has 2 aromatic carbocycles. The fourth-order valence-electron chi connectivity index (χ4n) is 4.26. The number of ketones is 2. The molecule has 0 radical (unpaired) electrons. The van der Waals surface area contributed by atoms with Gasteiger partial charge in [-0.2, -0.15) is 0 Å². The zero-order valence-corrected chi connectivity index (χ0v) is 21.5. The number of rotatable bonds is 15. The van der Waals surface area contributed by atoms with Gasteiger partial charge in [-0.3, -0.25) is 9.59 Å². The Morgan fingerprint density at radius 1 is 0.647 bits per heavy atom. The molecule has 0 bridgehead atoms. The molecule has 0 unspecified atom stereocenters. The Morgan fingerprint density at radius 3 is 1.24 bits per heavy atom. The zero-order chi connectivity index (χ0) is 25.1. The number of hydrogen-bond acceptors (Lipinski definition) is 6. The van der Waals surface area contributed by atoms with Crippen molar-refractivity contribution in [1.29, 1.82) is 0 Å². The van der Waals surface area contributed by atoms with Crippen LogP contribution in [0.1, 0.15) is 46.4 Å². The van der Waals surface area contributed by atoms with Crippen LogP contribution in [0.3, 0.4) is 0 Å². The van der Waals surface area contributed by atoms with Gasteiger partial charge in [0, 0.05) is 36.1 Å². The second-order valence-electron chi connectivity index (χ2n) is 9.39. The van der Waals surface area contributed by atoms with Gasteiger partial charge < -0.3 is 19.3 Å². The Balaban J connectivity index is 1.99. The highest BCUT2D eigenvalue weighted by Gasteiger charge is 2.23. The number of unbranched alkanes of at least 4 members (excludes halogenated alkanes) is 1. The maximum atomic E-state index is 13.2. The molecule has 0 aliphatic heterocycles. The van der Waals surface area contributed by atoms with E-state index in [1.54, 1.807) is 14.2 Å². The lowest BCUT2D eigenvalue weighted by atomic mass is 9.88. The average molecular weight is 469 g/mol. The molecule has 0 aliphatic carbocycles. The van der Waals surface area contributed by atoms with Gasteiger partial charge in [-0.05, 0) is 89.6 Å². The minimum Gasteiger partial charge on any atom is -0.497 e. The van der Waals surface area contributed by atoms with Crippen LogP contribution >= 0.6 is 0 Å². The number of carbonyl (C=O) groups excluding carboxylic acids is 2. The first-order chi connectivity index (χ1) is 16.2. The van der Waals surface area contributed by atoms with Crippen LogP contribution in [0.15, 0.2) is 48.5 Å². The first kappa shape index (κ1) is 27.5. The van der Waals surface area contributed by atoms with Gasteiger partial charge in [-0.1, -0.05) is 12.8 Å². The van der Waals surface area contributed by atoms with Crippen molar-refractivity contribution >= 4 is 11.6 Å². The van der Waals surface area contributed by atoms with E-state index in [1.807, 2.05) is 76.7 Å². The summed E-state index contributed by atoms with van der Waals surface area (Å²) in [5, 5.41) is 0. The number of benzene rings is 2. The number of carbonyl (C=O) groups is 2. The van der Waals surface area contributed by atoms with Crippen LogP contribution in [0, 0.1) is 11.8 Å². The summed E-state index contributed by atoms with van der Waals surface area (Å²) in [6, 6.07) is 14.7. The Morgan fingerprint density at radius 2 is 0.971 bits per heavy atom. The second kappa shape index (κ2) is 13.9. The smallest absolute Gasteiger partial charge is 0.167 e. The summed E-state index contributed by atoms with van der Waals surface area (Å²) in [6.45, 7) is 1.41. The van der Waals surface area contributed by atoms with E-state index in [2.05, 4.69) is 9.80 Å². The van der Waals surface area contributed by atoms with Crippen LogP contribution in [-0.4, -0.2) is 76.9 Å². The lowest BCUT2D eigenvalue weighted by Crippen LogP contribution is -2.29. The molecule has 0 saturated carbocycles. The predicted octanol–water partition coefficient (Wildman–Crippen LogP) is 4.69. The van der Waals surface area contributed by atoms with Crippen LogP contribution in [0.5, 0.6) is 11.5 Å². The standard InChI is InChI=1S/C28H40N2O4/c1-29(2)19-23(27(31)21-11-15-25(33-5)16-12-21)9-7-8-10-24(20-30(3)4)28(32)22-13-17-26(34-6)18-14-22/h11-18,23-24H,7-10,19-20H2,1-6H3/t23-,24-/m1/s1. The molecule has 0 aliphatic rings. The first-order valence-corrected chi connectivity index (χ1v) is 11.9. The molecule has 0 aromatic heterocycles. The number of methoxy groups -OCH3 is 2. The van der Waals surface area contributed by atoms with E-state index in [4.69, 9.17) is 9.47 Å². The van der Waals surface area contributed by atoms with Crippen LogP contribution in [-0.2, 0) is 0 Å². The normalized spacial score (nSPS) is 13.1. The highest BCUT2D eigenvalue weighted by molar-refractivity contribution is 5.98. The number of ether oxygens (including phenoxy) is 2. The molecule has 2 aromatic rings. The Bertz CT molecular complexity index is 816. The van der Waals surface area contributed by atoms with E-state index < -0.39 is 0 Å². The Labute approximate surface area is 204 Å². The summed E-state index contributed by atoms with van der Waals surface area (Å²) in [5.74, 6) is 1.66. The van der Waals surface area contributed by atoms with Crippen LogP contribution in [0.2, 0.25) is 0 Å². The molecule has 34 heavy (non-hydrogen) atoms. The second-order valence-corrected chi connectivity index (χ2v) is 9.39. The zero-order valence-electron chi connectivity index (χ0n) is 21.5. The molecule has 2 atom stereocenters. The molecule has 0 saturated heterocycles. The molecule has 0 amide bonds. The van der Waals surface area contributed by atoms with Gasteiger partial charge in [0.25, 0.3) is 0 Å². The molecule has 6 heteroatoms. The predicted molar refractivity (Wildman–Crippen MR) is 137 cm³/mol. The third-order valence-corrected chi connectivity index (χ3v) is 6.02. The topological polar surface area (TPSA) is 59.1 Å². The summed E-state index contributed by atoms with van der Waals surface area (Å²) in [4.78, 5) is 30.4. The van der Waals surface area contributed by atoms with Crippen molar-refractivity contribution in [2.45, 2.75) is 25.7 Å². The van der Waals surface area contributed by atoms with Crippen molar-refractivity contribution in [2.24, 2.45) is 11.8 Å². The van der Waals surface area contributed by atoms with Crippen molar-refractivity contribution in [3.8, 4) is 11.5 Å². The van der Waals surface area contributed by atoms with Gasteiger partial charge in [0.1, 0.15) is 11.5 Å². The molecule has 2 rings (SSSR count). The lowest BCUT2D eigenvalue weighted by Gasteiger charge is -2.22. The van der Waals surface area contributed by atoms with E-state index >= 15 is 0 Å². The Kier molecular flexibility index (Phi) is 11.2. The van der Waals surface area contributed by atoms with Gasteiger partial charge in [-0.25, -0.2) is 0 Å². The van der Waals surface area contributed by atoms with Gasteiger partial charge in [0.15, 0.2) is 11.6 Å². The van der Waals surface area contributed by atoms with E-state index in [9.17, 15) is 9.59 Å². The van der Waals surface area contributed by atoms with E-state index in [1.165, 1.54) is 0 Å². The third kappa shape index (κ3) is 8.58. The van der Waals surface area contributed by atoms with Crippen LogP contribution in [0.25, 0.3) is 0 Å². The lowest BCUT2D eigenvalue weighted by molar-refractivity contribution is 0.0867. The quantitative estimate of drug-likeness (QED) is 0.279. The van der Waals surface area contributed by atoms with Crippen molar-refractivity contribution in [3.63, 3.8) is 0 Å².